The van der Waals surface area contributed by atoms with Gasteiger partial charge in [-0.15, -0.1) is 12.4 Å². The van der Waals surface area contributed by atoms with Gasteiger partial charge in [0.25, 0.3) is 0 Å². The Morgan fingerprint density at radius 3 is 2.69 bits per heavy atom. The Morgan fingerprint density at radius 1 is 1.17 bits per heavy atom. The lowest BCUT2D eigenvalue weighted by Crippen LogP contribution is -2.34. The summed E-state index contributed by atoms with van der Waals surface area (Å²) >= 11 is 5.96. The van der Waals surface area contributed by atoms with Gasteiger partial charge in [-0.1, -0.05) is 23.7 Å². The number of anilines is 2. The highest BCUT2D eigenvalue weighted by Gasteiger charge is 2.25. The third-order valence-electron chi connectivity index (χ3n) is 5.41. The Hall–Kier alpha value is -2.08. The van der Waals surface area contributed by atoms with Crippen LogP contribution in [0.2, 0.25) is 5.02 Å². The van der Waals surface area contributed by atoms with Crippen molar-refractivity contribution < 1.29 is 9.59 Å². The number of rotatable bonds is 5. The first-order valence-electron chi connectivity index (χ1n) is 9.79. The molecule has 154 valence electrons. The molecule has 1 fully saturated rings. The standard InChI is InChI=1S/C22H24ClN3O2.ClH/c23-17-6-3-15(4-7-17)14-26-20-9-8-19(12-16(20)5-10-22(26)28)25-21(27)13-18-2-1-11-24-18;/h3-4,6-9,12,18,24H,1-2,5,10-11,13-14H2,(H,25,27);1H. The van der Waals surface area contributed by atoms with Crippen LogP contribution in [0.1, 0.15) is 36.8 Å². The number of nitrogens with zero attached hydrogens (tertiary/aromatic N) is 1. The number of benzene rings is 2. The molecule has 7 heteroatoms. The quantitative estimate of drug-likeness (QED) is 0.737. The van der Waals surface area contributed by atoms with Gasteiger partial charge in [0.2, 0.25) is 11.8 Å². The molecule has 2 heterocycles. The summed E-state index contributed by atoms with van der Waals surface area (Å²) < 4.78 is 0. The molecular formula is C22H25Cl2N3O2. The van der Waals surface area contributed by atoms with E-state index in [-0.39, 0.29) is 30.3 Å². The van der Waals surface area contributed by atoms with Crippen molar-refractivity contribution in [1.82, 2.24) is 5.32 Å². The second kappa shape index (κ2) is 9.61. The molecule has 2 amide bonds. The van der Waals surface area contributed by atoms with Crippen LogP contribution in [0.5, 0.6) is 0 Å². The van der Waals surface area contributed by atoms with Gasteiger partial charge in [0, 0.05) is 35.3 Å². The molecule has 0 aliphatic carbocycles. The molecule has 1 unspecified atom stereocenters. The lowest BCUT2D eigenvalue weighted by atomic mass is 9.99. The largest absolute Gasteiger partial charge is 0.326 e. The number of hydrogen-bond donors (Lipinski definition) is 2. The molecule has 0 spiro atoms. The first-order chi connectivity index (χ1) is 13.6. The summed E-state index contributed by atoms with van der Waals surface area (Å²) in [6.07, 6.45) is 3.86. The molecule has 1 saturated heterocycles. The fourth-order valence-electron chi connectivity index (χ4n) is 3.95. The van der Waals surface area contributed by atoms with Crippen LogP contribution >= 0.6 is 24.0 Å². The van der Waals surface area contributed by atoms with Crippen molar-refractivity contribution in [1.29, 1.82) is 0 Å². The van der Waals surface area contributed by atoms with Gasteiger partial charge in [-0.2, -0.15) is 0 Å². The Bertz CT molecular complexity index is 880. The smallest absolute Gasteiger partial charge is 0.227 e. The summed E-state index contributed by atoms with van der Waals surface area (Å²) in [7, 11) is 0. The predicted molar refractivity (Wildman–Crippen MR) is 119 cm³/mol. The molecule has 2 aliphatic rings. The maximum atomic E-state index is 12.5. The highest BCUT2D eigenvalue weighted by atomic mass is 35.5. The maximum Gasteiger partial charge on any atom is 0.227 e. The Morgan fingerprint density at radius 2 is 1.97 bits per heavy atom. The summed E-state index contributed by atoms with van der Waals surface area (Å²) in [6, 6.07) is 13.7. The SMILES string of the molecule is Cl.O=C(CC1CCCN1)Nc1ccc2c(c1)CCC(=O)N2Cc1ccc(Cl)cc1. The van der Waals surface area contributed by atoms with E-state index in [0.29, 0.717) is 30.8 Å². The van der Waals surface area contributed by atoms with Crippen LogP contribution < -0.4 is 15.5 Å². The second-order valence-electron chi connectivity index (χ2n) is 7.50. The minimum atomic E-state index is 0. The first-order valence-corrected chi connectivity index (χ1v) is 10.2. The van der Waals surface area contributed by atoms with Gasteiger partial charge < -0.3 is 15.5 Å². The number of halogens is 2. The van der Waals surface area contributed by atoms with Gasteiger partial charge in [0.15, 0.2) is 0 Å². The normalized spacial score (nSPS) is 18.2. The second-order valence-corrected chi connectivity index (χ2v) is 7.93. The van der Waals surface area contributed by atoms with Crippen molar-refractivity contribution in [3.05, 3.63) is 58.6 Å². The van der Waals surface area contributed by atoms with E-state index in [1.54, 1.807) is 0 Å². The molecule has 2 aliphatic heterocycles. The van der Waals surface area contributed by atoms with Gasteiger partial charge in [-0.05, 0) is 67.3 Å². The van der Waals surface area contributed by atoms with Gasteiger partial charge >= 0.3 is 0 Å². The third kappa shape index (κ3) is 5.30. The van der Waals surface area contributed by atoms with Crippen LogP contribution in [-0.2, 0) is 22.6 Å². The van der Waals surface area contributed by atoms with Crippen LogP contribution in [0.3, 0.4) is 0 Å². The summed E-state index contributed by atoms with van der Waals surface area (Å²) in [6.45, 7) is 1.51. The lowest BCUT2D eigenvalue weighted by molar-refractivity contribution is -0.119. The third-order valence-corrected chi connectivity index (χ3v) is 5.66. The summed E-state index contributed by atoms with van der Waals surface area (Å²) in [5, 5.41) is 7.03. The summed E-state index contributed by atoms with van der Waals surface area (Å²) in [5.41, 5.74) is 3.83. The van der Waals surface area contributed by atoms with Gasteiger partial charge in [0.05, 0.1) is 6.54 Å². The molecule has 2 N–H and O–H groups in total. The monoisotopic (exact) mass is 433 g/mol. The average Bonchev–Trinajstić information content (AvgIpc) is 3.18. The Kier molecular flexibility index (Phi) is 7.17. The number of fused-ring (bicyclic) bond motifs is 1. The van der Waals surface area contributed by atoms with Crippen molar-refractivity contribution in [2.24, 2.45) is 0 Å². The minimum Gasteiger partial charge on any atom is -0.326 e. The molecule has 5 nitrogen and oxygen atoms in total. The van der Waals surface area contributed by atoms with E-state index in [1.807, 2.05) is 47.4 Å². The number of amides is 2. The van der Waals surface area contributed by atoms with Crippen LogP contribution in [-0.4, -0.2) is 24.4 Å². The van der Waals surface area contributed by atoms with Gasteiger partial charge in [-0.25, -0.2) is 0 Å². The average molecular weight is 434 g/mol. The number of nitrogens with one attached hydrogen (secondary N) is 2. The number of carbonyl (C=O) groups is 2. The first kappa shape index (κ1) is 21.6. The zero-order chi connectivity index (χ0) is 19.5. The number of aryl methyl sites for hydroxylation is 1. The number of hydrogen-bond acceptors (Lipinski definition) is 3. The Balaban J connectivity index is 0.00000240. The highest BCUT2D eigenvalue weighted by molar-refractivity contribution is 6.30. The van der Waals surface area contributed by atoms with Gasteiger partial charge in [-0.3, -0.25) is 9.59 Å². The fraction of sp³-hybridized carbons (Fsp3) is 0.364. The van der Waals surface area contributed by atoms with E-state index in [9.17, 15) is 9.59 Å². The van der Waals surface area contributed by atoms with Crippen LogP contribution in [0.4, 0.5) is 11.4 Å². The van der Waals surface area contributed by atoms with Gasteiger partial charge in [0.1, 0.15) is 0 Å². The molecule has 0 saturated carbocycles. The van der Waals surface area contributed by atoms with Crippen LogP contribution in [0.25, 0.3) is 0 Å². The molecule has 2 aromatic rings. The molecule has 29 heavy (non-hydrogen) atoms. The van der Waals surface area contributed by atoms with E-state index in [4.69, 9.17) is 11.6 Å². The zero-order valence-corrected chi connectivity index (χ0v) is 17.7. The molecule has 0 aromatic heterocycles. The molecule has 4 rings (SSSR count). The molecule has 0 bridgehead atoms. The van der Waals surface area contributed by atoms with Crippen molar-refractivity contribution in [2.75, 3.05) is 16.8 Å². The number of carbonyl (C=O) groups excluding carboxylic acids is 2. The van der Waals surface area contributed by atoms with Crippen LogP contribution in [0.15, 0.2) is 42.5 Å². The molecule has 1 atom stereocenters. The summed E-state index contributed by atoms with van der Waals surface area (Å²) in [4.78, 5) is 26.6. The zero-order valence-electron chi connectivity index (χ0n) is 16.1. The maximum absolute atomic E-state index is 12.5. The lowest BCUT2D eigenvalue weighted by Gasteiger charge is -2.30. The van der Waals surface area contributed by atoms with E-state index in [0.717, 1.165) is 41.9 Å². The van der Waals surface area contributed by atoms with E-state index in [1.165, 1.54) is 0 Å². The molecular weight excluding hydrogens is 409 g/mol. The highest BCUT2D eigenvalue weighted by Crippen LogP contribution is 2.32. The Labute approximate surface area is 182 Å². The predicted octanol–water partition coefficient (Wildman–Crippen LogP) is 4.32. The fourth-order valence-corrected chi connectivity index (χ4v) is 4.08. The van der Waals surface area contributed by atoms with E-state index in [2.05, 4.69) is 10.6 Å². The van der Waals surface area contributed by atoms with Crippen LogP contribution in [0, 0.1) is 0 Å². The molecule has 2 aromatic carbocycles. The summed E-state index contributed by atoms with van der Waals surface area (Å²) in [5.74, 6) is 0.149. The van der Waals surface area contributed by atoms with E-state index < -0.39 is 0 Å². The minimum absolute atomic E-state index is 0. The van der Waals surface area contributed by atoms with Crippen molar-refractivity contribution in [3.8, 4) is 0 Å². The van der Waals surface area contributed by atoms with Crippen molar-refractivity contribution in [2.45, 2.75) is 44.7 Å². The molecule has 0 radical (unpaired) electrons. The van der Waals surface area contributed by atoms with E-state index >= 15 is 0 Å². The van der Waals surface area contributed by atoms with Crippen molar-refractivity contribution >= 4 is 47.2 Å². The van der Waals surface area contributed by atoms with Crippen molar-refractivity contribution in [3.63, 3.8) is 0 Å². The topological polar surface area (TPSA) is 61.4 Å².